The maximum atomic E-state index is 12.5. The SMILES string of the molecule is COc1ccc(NC(=O)c2cncc(C(=O)Nc3cc(C)cc(C)c3)c2)cc1. The molecule has 0 aliphatic heterocycles. The highest BCUT2D eigenvalue weighted by molar-refractivity contribution is 6.08. The van der Waals surface area contributed by atoms with Crippen LogP contribution in [0.25, 0.3) is 0 Å². The fourth-order valence-corrected chi connectivity index (χ4v) is 2.82. The van der Waals surface area contributed by atoms with Gasteiger partial charge in [-0.25, -0.2) is 0 Å². The number of ether oxygens (including phenoxy) is 1. The van der Waals surface area contributed by atoms with E-state index in [1.807, 2.05) is 32.0 Å². The van der Waals surface area contributed by atoms with Gasteiger partial charge in [0, 0.05) is 23.8 Å². The van der Waals surface area contributed by atoms with Crippen molar-refractivity contribution in [3.05, 3.63) is 83.2 Å². The van der Waals surface area contributed by atoms with E-state index in [9.17, 15) is 9.59 Å². The van der Waals surface area contributed by atoms with Crippen molar-refractivity contribution in [2.45, 2.75) is 13.8 Å². The predicted octanol–water partition coefficient (Wildman–Crippen LogP) is 4.21. The Bertz CT molecular complexity index is 994. The molecule has 142 valence electrons. The molecular weight excluding hydrogens is 354 g/mol. The van der Waals surface area contributed by atoms with Gasteiger partial charge in [-0.05, 0) is 67.4 Å². The van der Waals surface area contributed by atoms with Gasteiger partial charge in [-0.1, -0.05) is 6.07 Å². The van der Waals surface area contributed by atoms with E-state index >= 15 is 0 Å². The summed E-state index contributed by atoms with van der Waals surface area (Å²) in [6.07, 6.45) is 2.86. The van der Waals surface area contributed by atoms with E-state index in [2.05, 4.69) is 15.6 Å². The largest absolute Gasteiger partial charge is 0.497 e. The minimum absolute atomic E-state index is 0.295. The highest BCUT2D eigenvalue weighted by Crippen LogP contribution is 2.17. The normalized spacial score (nSPS) is 10.2. The van der Waals surface area contributed by atoms with Crippen LogP contribution in [0.3, 0.4) is 0 Å². The topological polar surface area (TPSA) is 80.3 Å². The van der Waals surface area contributed by atoms with Crippen LogP contribution in [-0.2, 0) is 0 Å². The molecule has 1 heterocycles. The number of benzene rings is 2. The van der Waals surface area contributed by atoms with Crippen molar-refractivity contribution < 1.29 is 14.3 Å². The number of anilines is 2. The van der Waals surface area contributed by atoms with Gasteiger partial charge in [0.25, 0.3) is 11.8 Å². The quantitative estimate of drug-likeness (QED) is 0.700. The molecule has 1 aromatic heterocycles. The number of carbonyl (C=O) groups is 2. The molecule has 0 fully saturated rings. The minimum Gasteiger partial charge on any atom is -0.497 e. The third-order valence-electron chi connectivity index (χ3n) is 4.09. The number of aromatic nitrogens is 1. The van der Waals surface area contributed by atoms with Gasteiger partial charge in [-0.15, -0.1) is 0 Å². The third-order valence-corrected chi connectivity index (χ3v) is 4.09. The summed E-state index contributed by atoms with van der Waals surface area (Å²) in [6.45, 7) is 3.93. The summed E-state index contributed by atoms with van der Waals surface area (Å²) in [5.74, 6) is 0.0278. The zero-order valence-corrected chi connectivity index (χ0v) is 15.9. The molecule has 2 amide bonds. The summed E-state index contributed by atoms with van der Waals surface area (Å²) in [4.78, 5) is 29.1. The first-order valence-electron chi connectivity index (χ1n) is 8.75. The number of hydrogen-bond donors (Lipinski definition) is 2. The Kier molecular flexibility index (Phi) is 5.69. The average molecular weight is 375 g/mol. The molecule has 0 aliphatic carbocycles. The van der Waals surface area contributed by atoms with Gasteiger partial charge in [0.1, 0.15) is 5.75 Å². The van der Waals surface area contributed by atoms with Crippen LogP contribution in [0.2, 0.25) is 0 Å². The van der Waals surface area contributed by atoms with Crippen LogP contribution in [0.5, 0.6) is 5.75 Å². The highest BCUT2D eigenvalue weighted by Gasteiger charge is 2.12. The molecule has 0 spiro atoms. The van der Waals surface area contributed by atoms with Crippen LogP contribution in [0.1, 0.15) is 31.8 Å². The number of hydrogen-bond acceptors (Lipinski definition) is 4. The van der Waals surface area contributed by atoms with Gasteiger partial charge < -0.3 is 15.4 Å². The molecule has 0 radical (unpaired) electrons. The van der Waals surface area contributed by atoms with Crippen LogP contribution < -0.4 is 15.4 Å². The molecule has 28 heavy (non-hydrogen) atoms. The molecule has 2 N–H and O–H groups in total. The number of carbonyl (C=O) groups excluding carboxylic acids is 2. The first-order valence-corrected chi connectivity index (χ1v) is 8.75. The Morgan fingerprint density at radius 3 is 1.86 bits per heavy atom. The Morgan fingerprint density at radius 2 is 1.32 bits per heavy atom. The number of rotatable bonds is 5. The number of pyridine rings is 1. The van der Waals surface area contributed by atoms with Crippen molar-refractivity contribution in [2.24, 2.45) is 0 Å². The molecule has 0 atom stereocenters. The van der Waals surface area contributed by atoms with E-state index in [1.165, 1.54) is 18.5 Å². The molecule has 6 heteroatoms. The molecule has 0 saturated heterocycles. The lowest BCUT2D eigenvalue weighted by Crippen LogP contribution is -2.16. The molecule has 0 unspecified atom stereocenters. The van der Waals surface area contributed by atoms with E-state index in [0.717, 1.165) is 11.1 Å². The Hall–Kier alpha value is -3.67. The lowest BCUT2D eigenvalue weighted by Gasteiger charge is -2.09. The van der Waals surface area contributed by atoms with Crippen LogP contribution in [0, 0.1) is 13.8 Å². The predicted molar refractivity (Wildman–Crippen MR) is 109 cm³/mol. The van der Waals surface area contributed by atoms with Gasteiger partial charge in [-0.2, -0.15) is 0 Å². The van der Waals surface area contributed by atoms with E-state index in [4.69, 9.17) is 4.74 Å². The number of methoxy groups -OCH3 is 1. The Labute approximate surface area is 163 Å². The summed E-state index contributed by atoms with van der Waals surface area (Å²) < 4.78 is 5.10. The Morgan fingerprint density at radius 1 is 0.786 bits per heavy atom. The lowest BCUT2D eigenvalue weighted by molar-refractivity contribution is 0.102. The smallest absolute Gasteiger partial charge is 0.257 e. The van der Waals surface area contributed by atoms with E-state index in [1.54, 1.807) is 31.4 Å². The van der Waals surface area contributed by atoms with Crippen molar-refractivity contribution >= 4 is 23.2 Å². The first-order chi connectivity index (χ1) is 13.4. The standard InChI is InChI=1S/C22H21N3O3/c1-14-8-15(2)10-19(9-14)25-22(27)17-11-16(12-23-13-17)21(26)24-18-4-6-20(28-3)7-5-18/h4-13H,1-3H3,(H,24,26)(H,25,27). The molecule has 3 aromatic rings. The van der Waals surface area contributed by atoms with Gasteiger partial charge in [0.05, 0.1) is 18.2 Å². The van der Waals surface area contributed by atoms with Crippen LogP contribution in [-0.4, -0.2) is 23.9 Å². The molecule has 3 rings (SSSR count). The Balaban J connectivity index is 1.73. The highest BCUT2D eigenvalue weighted by atomic mass is 16.5. The van der Waals surface area contributed by atoms with Gasteiger partial charge >= 0.3 is 0 Å². The second-order valence-electron chi connectivity index (χ2n) is 6.48. The number of nitrogens with one attached hydrogen (secondary N) is 2. The number of amides is 2. The van der Waals surface area contributed by atoms with Crippen molar-refractivity contribution in [1.29, 1.82) is 0 Å². The van der Waals surface area contributed by atoms with Gasteiger partial charge in [-0.3, -0.25) is 14.6 Å². The monoisotopic (exact) mass is 375 g/mol. The zero-order chi connectivity index (χ0) is 20.1. The molecular formula is C22H21N3O3. The molecule has 0 saturated carbocycles. The van der Waals surface area contributed by atoms with Crippen molar-refractivity contribution in [3.63, 3.8) is 0 Å². The average Bonchev–Trinajstić information content (AvgIpc) is 2.68. The summed E-state index contributed by atoms with van der Waals surface area (Å²) in [5, 5.41) is 5.62. The number of aryl methyl sites for hydroxylation is 2. The fraction of sp³-hybridized carbons (Fsp3) is 0.136. The minimum atomic E-state index is -0.348. The summed E-state index contributed by atoms with van der Waals surface area (Å²) >= 11 is 0. The number of nitrogens with zero attached hydrogens (tertiary/aromatic N) is 1. The summed E-state index contributed by atoms with van der Waals surface area (Å²) in [7, 11) is 1.58. The first kappa shape index (κ1) is 19.1. The molecule has 2 aromatic carbocycles. The van der Waals surface area contributed by atoms with Crippen molar-refractivity contribution in [3.8, 4) is 5.75 Å². The van der Waals surface area contributed by atoms with Crippen LogP contribution >= 0.6 is 0 Å². The third kappa shape index (κ3) is 4.73. The van der Waals surface area contributed by atoms with E-state index in [0.29, 0.717) is 28.3 Å². The second-order valence-corrected chi connectivity index (χ2v) is 6.48. The maximum absolute atomic E-state index is 12.5. The van der Waals surface area contributed by atoms with Crippen molar-refractivity contribution in [1.82, 2.24) is 4.98 Å². The lowest BCUT2D eigenvalue weighted by atomic mass is 10.1. The van der Waals surface area contributed by atoms with Crippen LogP contribution in [0.4, 0.5) is 11.4 Å². The van der Waals surface area contributed by atoms with Gasteiger partial charge in [0.2, 0.25) is 0 Å². The van der Waals surface area contributed by atoms with Crippen molar-refractivity contribution in [2.75, 3.05) is 17.7 Å². The van der Waals surface area contributed by atoms with E-state index < -0.39 is 0 Å². The van der Waals surface area contributed by atoms with E-state index in [-0.39, 0.29) is 11.8 Å². The summed E-state index contributed by atoms with van der Waals surface area (Å²) in [6, 6.07) is 14.3. The molecule has 0 bridgehead atoms. The van der Waals surface area contributed by atoms with Gasteiger partial charge in [0.15, 0.2) is 0 Å². The maximum Gasteiger partial charge on any atom is 0.257 e. The summed E-state index contributed by atoms with van der Waals surface area (Å²) in [5.41, 5.74) is 4.04. The molecule has 6 nitrogen and oxygen atoms in total. The molecule has 0 aliphatic rings. The second kappa shape index (κ2) is 8.35. The fourth-order valence-electron chi connectivity index (χ4n) is 2.82. The van der Waals surface area contributed by atoms with Crippen LogP contribution in [0.15, 0.2) is 60.9 Å². The zero-order valence-electron chi connectivity index (χ0n) is 15.9.